The zero-order valence-electron chi connectivity index (χ0n) is 10.3. The van der Waals surface area contributed by atoms with Crippen LogP contribution in [0.3, 0.4) is 0 Å². The lowest BCUT2D eigenvalue weighted by Gasteiger charge is -2.14. The lowest BCUT2D eigenvalue weighted by molar-refractivity contribution is -0.140. The van der Waals surface area contributed by atoms with E-state index in [-0.39, 0.29) is 18.4 Å². The topological polar surface area (TPSA) is 66.4 Å². The number of benzene rings is 1. The summed E-state index contributed by atoms with van der Waals surface area (Å²) in [6.07, 6.45) is -0.0516. The molecule has 5 heteroatoms. The van der Waals surface area contributed by atoms with E-state index in [9.17, 15) is 14.7 Å². The smallest absolute Gasteiger partial charge is 0.311 e. The van der Waals surface area contributed by atoms with Crippen molar-refractivity contribution in [2.45, 2.75) is 32.2 Å². The molecule has 0 aromatic heterocycles. The van der Waals surface area contributed by atoms with E-state index in [0.717, 1.165) is 4.47 Å². The summed E-state index contributed by atoms with van der Waals surface area (Å²) in [4.78, 5) is 22.9. The largest absolute Gasteiger partial charge is 0.481 e. The van der Waals surface area contributed by atoms with E-state index in [4.69, 9.17) is 0 Å². The number of amides is 1. The van der Waals surface area contributed by atoms with Crippen LogP contribution in [0.15, 0.2) is 28.7 Å². The van der Waals surface area contributed by atoms with Crippen LogP contribution in [0, 0.1) is 0 Å². The van der Waals surface area contributed by atoms with Gasteiger partial charge in [0.1, 0.15) is 0 Å². The number of aliphatic carboxylic acids is 1. The molecule has 2 N–H and O–H groups in total. The van der Waals surface area contributed by atoms with Gasteiger partial charge in [-0.15, -0.1) is 0 Å². The van der Waals surface area contributed by atoms with Gasteiger partial charge in [0.2, 0.25) is 5.91 Å². The van der Waals surface area contributed by atoms with Gasteiger partial charge in [-0.1, -0.05) is 28.1 Å². The van der Waals surface area contributed by atoms with Crippen molar-refractivity contribution in [1.29, 1.82) is 0 Å². The van der Waals surface area contributed by atoms with Crippen LogP contribution in [-0.4, -0.2) is 23.0 Å². The van der Waals surface area contributed by atoms with Crippen molar-refractivity contribution in [3.8, 4) is 0 Å². The van der Waals surface area contributed by atoms with Crippen molar-refractivity contribution < 1.29 is 14.7 Å². The third kappa shape index (κ3) is 4.49. The maximum atomic E-state index is 11.6. The lowest BCUT2D eigenvalue weighted by atomic mass is 9.95. The quantitative estimate of drug-likeness (QED) is 0.878. The maximum Gasteiger partial charge on any atom is 0.311 e. The highest BCUT2D eigenvalue weighted by molar-refractivity contribution is 9.10. The number of carboxylic acids is 1. The summed E-state index contributed by atoms with van der Waals surface area (Å²) in [6.45, 7) is 3.68. The van der Waals surface area contributed by atoms with Crippen LogP contribution in [0.1, 0.15) is 31.7 Å². The van der Waals surface area contributed by atoms with E-state index < -0.39 is 11.9 Å². The SMILES string of the molecule is CC(C)NC(=O)CC(C(=O)O)c1cccc(Br)c1. The third-order valence-electron chi connectivity index (χ3n) is 2.39. The molecule has 0 saturated heterocycles. The molecule has 1 unspecified atom stereocenters. The summed E-state index contributed by atoms with van der Waals surface area (Å²) >= 11 is 3.29. The Kier molecular flexibility index (Phi) is 5.34. The molecule has 1 atom stereocenters. The third-order valence-corrected chi connectivity index (χ3v) is 2.88. The van der Waals surface area contributed by atoms with Crippen LogP contribution < -0.4 is 5.32 Å². The van der Waals surface area contributed by atoms with Crippen molar-refractivity contribution in [3.05, 3.63) is 34.3 Å². The van der Waals surface area contributed by atoms with Gasteiger partial charge >= 0.3 is 5.97 Å². The molecule has 1 amide bonds. The van der Waals surface area contributed by atoms with E-state index in [2.05, 4.69) is 21.2 Å². The van der Waals surface area contributed by atoms with Crippen LogP contribution in [0.5, 0.6) is 0 Å². The highest BCUT2D eigenvalue weighted by atomic mass is 79.9. The van der Waals surface area contributed by atoms with E-state index in [0.29, 0.717) is 5.56 Å². The van der Waals surface area contributed by atoms with Crippen LogP contribution >= 0.6 is 15.9 Å². The standard InChI is InChI=1S/C13H16BrNO3/c1-8(2)15-12(16)7-11(13(17)18)9-4-3-5-10(14)6-9/h3-6,8,11H,7H2,1-2H3,(H,15,16)(H,17,18). The average Bonchev–Trinajstić information content (AvgIpc) is 2.24. The lowest BCUT2D eigenvalue weighted by Crippen LogP contribution is -2.32. The Hall–Kier alpha value is -1.36. The van der Waals surface area contributed by atoms with Crippen molar-refractivity contribution in [3.63, 3.8) is 0 Å². The van der Waals surface area contributed by atoms with E-state index in [1.165, 1.54) is 0 Å². The molecule has 1 rings (SSSR count). The molecule has 0 radical (unpaired) electrons. The summed E-state index contributed by atoms with van der Waals surface area (Å²) in [5.74, 6) is -2.06. The molecule has 0 spiro atoms. The molecule has 0 saturated carbocycles. The molecule has 18 heavy (non-hydrogen) atoms. The van der Waals surface area contributed by atoms with Gasteiger partial charge in [0.05, 0.1) is 5.92 Å². The van der Waals surface area contributed by atoms with Crippen molar-refractivity contribution in [1.82, 2.24) is 5.32 Å². The Morgan fingerprint density at radius 3 is 2.56 bits per heavy atom. The van der Waals surface area contributed by atoms with Gasteiger partial charge < -0.3 is 10.4 Å². The molecular formula is C13H16BrNO3. The molecule has 0 fully saturated rings. The predicted molar refractivity (Wildman–Crippen MR) is 72.4 cm³/mol. The molecule has 1 aromatic rings. The maximum absolute atomic E-state index is 11.6. The Morgan fingerprint density at radius 2 is 2.06 bits per heavy atom. The first-order chi connectivity index (χ1) is 8.40. The van der Waals surface area contributed by atoms with Crippen LogP contribution in [0.2, 0.25) is 0 Å². The van der Waals surface area contributed by atoms with Crippen molar-refractivity contribution in [2.75, 3.05) is 0 Å². The molecule has 0 heterocycles. The second-order valence-electron chi connectivity index (χ2n) is 4.37. The Balaban J connectivity index is 2.84. The number of nitrogens with one attached hydrogen (secondary N) is 1. The van der Waals surface area contributed by atoms with E-state index in [1.54, 1.807) is 18.2 Å². The highest BCUT2D eigenvalue weighted by Gasteiger charge is 2.23. The van der Waals surface area contributed by atoms with Crippen LogP contribution in [-0.2, 0) is 9.59 Å². The fraction of sp³-hybridized carbons (Fsp3) is 0.385. The Morgan fingerprint density at radius 1 is 1.39 bits per heavy atom. The van der Waals surface area contributed by atoms with Crippen LogP contribution in [0.4, 0.5) is 0 Å². The minimum absolute atomic E-state index is 0.00875. The zero-order valence-corrected chi connectivity index (χ0v) is 11.9. The molecule has 0 bridgehead atoms. The van der Waals surface area contributed by atoms with Gasteiger partial charge in [-0.3, -0.25) is 9.59 Å². The van der Waals surface area contributed by atoms with E-state index >= 15 is 0 Å². The Labute approximate surface area is 115 Å². The fourth-order valence-corrected chi connectivity index (χ4v) is 2.05. The minimum atomic E-state index is -0.994. The number of hydrogen-bond donors (Lipinski definition) is 2. The second kappa shape index (κ2) is 6.54. The number of carboxylic acid groups (broad SMARTS) is 1. The second-order valence-corrected chi connectivity index (χ2v) is 5.29. The van der Waals surface area contributed by atoms with Gasteiger partial charge in [0, 0.05) is 16.9 Å². The fourth-order valence-electron chi connectivity index (χ4n) is 1.64. The molecule has 0 aliphatic rings. The number of hydrogen-bond acceptors (Lipinski definition) is 2. The van der Waals surface area contributed by atoms with Gasteiger partial charge in [-0.2, -0.15) is 0 Å². The highest BCUT2D eigenvalue weighted by Crippen LogP contribution is 2.23. The summed E-state index contributed by atoms with van der Waals surface area (Å²) < 4.78 is 0.801. The van der Waals surface area contributed by atoms with Gasteiger partial charge in [-0.25, -0.2) is 0 Å². The van der Waals surface area contributed by atoms with Gasteiger partial charge in [-0.05, 0) is 31.5 Å². The number of halogens is 1. The first-order valence-electron chi connectivity index (χ1n) is 5.67. The molecule has 1 aromatic carbocycles. The molecule has 98 valence electrons. The minimum Gasteiger partial charge on any atom is -0.481 e. The monoisotopic (exact) mass is 313 g/mol. The van der Waals surface area contributed by atoms with Crippen molar-refractivity contribution in [2.24, 2.45) is 0 Å². The summed E-state index contributed by atoms with van der Waals surface area (Å²) in [5, 5.41) is 11.9. The molecular weight excluding hydrogens is 298 g/mol. The molecule has 0 aliphatic carbocycles. The number of rotatable bonds is 5. The Bertz CT molecular complexity index is 446. The molecule has 0 aliphatic heterocycles. The summed E-state index contributed by atoms with van der Waals surface area (Å²) in [5.41, 5.74) is 0.621. The van der Waals surface area contributed by atoms with E-state index in [1.807, 2.05) is 19.9 Å². The normalized spacial score (nSPS) is 12.2. The van der Waals surface area contributed by atoms with Gasteiger partial charge in [0.25, 0.3) is 0 Å². The van der Waals surface area contributed by atoms with Crippen LogP contribution in [0.25, 0.3) is 0 Å². The van der Waals surface area contributed by atoms with Crippen molar-refractivity contribution >= 4 is 27.8 Å². The zero-order chi connectivity index (χ0) is 13.7. The first-order valence-corrected chi connectivity index (χ1v) is 6.47. The average molecular weight is 314 g/mol. The molecule has 4 nitrogen and oxygen atoms in total. The summed E-state index contributed by atoms with van der Waals surface area (Å²) in [7, 11) is 0. The number of carbonyl (C=O) groups is 2. The van der Waals surface area contributed by atoms with Gasteiger partial charge in [0.15, 0.2) is 0 Å². The summed E-state index contributed by atoms with van der Waals surface area (Å²) in [6, 6.07) is 7.02. The predicted octanol–water partition coefficient (Wildman–Crippen LogP) is 2.53. The first kappa shape index (κ1) is 14.7. The number of carbonyl (C=O) groups excluding carboxylic acids is 1.